The Bertz CT molecular complexity index is 553. The van der Waals surface area contributed by atoms with Crippen LogP contribution in [0.2, 0.25) is 0 Å². The van der Waals surface area contributed by atoms with Crippen LogP contribution in [0.5, 0.6) is 0 Å². The molecular formula is C16H20BrNOS. The highest BCUT2D eigenvalue weighted by atomic mass is 79.9. The van der Waals surface area contributed by atoms with E-state index in [2.05, 4.69) is 53.3 Å². The van der Waals surface area contributed by atoms with Crippen molar-refractivity contribution in [2.45, 2.75) is 33.6 Å². The van der Waals surface area contributed by atoms with Crippen LogP contribution in [0.15, 0.2) is 34.8 Å². The highest BCUT2D eigenvalue weighted by Crippen LogP contribution is 2.22. The number of ether oxygens (including phenoxy) is 1. The van der Waals surface area contributed by atoms with E-state index < -0.39 is 0 Å². The van der Waals surface area contributed by atoms with Gasteiger partial charge in [0.15, 0.2) is 0 Å². The number of thiophene rings is 1. The van der Waals surface area contributed by atoms with Crippen molar-refractivity contribution < 1.29 is 4.74 Å². The zero-order valence-electron chi connectivity index (χ0n) is 11.9. The highest BCUT2D eigenvalue weighted by molar-refractivity contribution is 9.10. The molecule has 0 aliphatic heterocycles. The van der Waals surface area contributed by atoms with Crippen LogP contribution >= 0.6 is 27.3 Å². The molecule has 1 N–H and O–H groups in total. The predicted molar refractivity (Wildman–Crippen MR) is 89.1 cm³/mol. The van der Waals surface area contributed by atoms with Crippen molar-refractivity contribution in [3.63, 3.8) is 0 Å². The summed E-state index contributed by atoms with van der Waals surface area (Å²) < 4.78 is 6.92. The Morgan fingerprint density at radius 3 is 2.85 bits per heavy atom. The van der Waals surface area contributed by atoms with Crippen molar-refractivity contribution >= 4 is 27.3 Å². The smallest absolute Gasteiger partial charge is 0.0732 e. The number of aryl methyl sites for hydroxylation is 1. The fraction of sp³-hybridized carbons (Fsp3) is 0.375. The average molecular weight is 354 g/mol. The van der Waals surface area contributed by atoms with Gasteiger partial charge < -0.3 is 10.1 Å². The molecule has 1 aromatic carbocycles. The summed E-state index contributed by atoms with van der Waals surface area (Å²) in [7, 11) is 0. The second kappa shape index (κ2) is 7.93. The summed E-state index contributed by atoms with van der Waals surface area (Å²) in [6.45, 7) is 7.58. The minimum Gasteiger partial charge on any atom is -0.372 e. The Morgan fingerprint density at radius 2 is 2.10 bits per heavy atom. The first-order valence-corrected chi connectivity index (χ1v) is 8.41. The van der Waals surface area contributed by atoms with Crippen LogP contribution in [-0.2, 0) is 24.5 Å². The van der Waals surface area contributed by atoms with E-state index in [0.29, 0.717) is 13.2 Å². The molecular weight excluding hydrogens is 334 g/mol. The standard InChI is InChI=1S/C16H20BrNOS/c1-3-18-9-16-8-14(12(2)20-16)11-19-10-13-5-4-6-15(17)7-13/h4-8,18H,3,9-11H2,1-2H3. The second-order valence-electron chi connectivity index (χ2n) is 4.70. The fourth-order valence-corrected chi connectivity index (χ4v) is 3.44. The van der Waals surface area contributed by atoms with E-state index in [1.165, 1.54) is 20.9 Å². The summed E-state index contributed by atoms with van der Waals surface area (Å²) in [6, 6.07) is 10.5. The lowest BCUT2D eigenvalue weighted by molar-refractivity contribution is 0.107. The number of hydrogen-bond donors (Lipinski definition) is 1. The normalized spacial score (nSPS) is 10.9. The molecule has 20 heavy (non-hydrogen) atoms. The van der Waals surface area contributed by atoms with Gasteiger partial charge in [-0.25, -0.2) is 0 Å². The number of halogens is 1. The molecule has 2 rings (SSSR count). The average Bonchev–Trinajstić information content (AvgIpc) is 2.77. The molecule has 2 aromatic rings. The topological polar surface area (TPSA) is 21.3 Å². The van der Waals surface area contributed by atoms with E-state index in [0.717, 1.165) is 17.6 Å². The molecule has 0 unspecified atom stereocenters. The zero-order valence-corrected chi connectivity index (χ0v) is 14.3. The van der Waals surface area contributed by atoms with Gasteiger partial charge in [0.05, 0.1) is 13.2 Å². The molecule has 0 saturated carbocycles. The molecule has 0 radical (unpaired) electrons. The Labute approximate surface area is 133 Å². The van der Waals surface area contributed by atoms with Crippen molar-refractivity contribution in [3.05, 3.63) is 55.7 Å². The molecule has 108 valence electrons. The molecule has 1 aromatic heterocycles. The first-order chi connectivity index (χ1) is 9.69. The summed E-state index contributed by atoms with van der Waals surface area (Å²) in [5.41, 5.74) is 2.50. The summed E-state index contributed by atoms with van der Waals surface area (Å²) in [5.74, 6) is 0. The third kappa shape index (κ3) is 4.70. The zero-order chi connectivity index (χ0) is 14.4. The van der Waals surface area contributed by atoms with Gasteiger partial charge in [0, 0.05) is 20.8 Å². The van der Waals surface area contributed by atoms with Crippen LogP contribution in [0.1, 0.15) is 27.8 Å². The molecule has 0 fully saturated rings. The Balaban J connectivity index is 1.86. The molecule has 2 nitrogen and oxygen atoms in total. The number of hydrogen-bond acceptors (Lipinski definition) is 3. The van der Waals surface area contributed by atoms with Gasteiger partial charge in [-0.3, -0.25) is 0 Å². The van der Waals surface area contributed by atoms with Gasteiger partial charge >= 0.3 is 0 Å². The first kappa shape index (κ1) is 15.7. The van der Waals surface area contributed by atoms with E-state index in [4.69, 9.17) is 4.74 Å². The van der Waals surface area contributed by atoms with Crippen LogP contribution in [-0.4, -0.2) is 6.54 Å². The highest BCUT2D eigenvalue weighted by Gasteiger charge is 2.05. The van der Waals surface area contributed by atoms with E-state index in [-0.39, 0.29) is 0 Å². The van der Waals surface area contributed by atoms with Crippen LogP contribution in [0.3, 0.4) is 0 Å². The van der Waals surface area contributed by atoms with Gasteiger partial charge in [0.25, 0.3) is 0 Å². The van der Waals surface area contributed by atoms with Crippen molar-refractivity contribution in [1.29, 1.82) is 0 Å². The maximum atomic E-state index is 5.82. The summed E-state index contributed by atoms with van der Waals surface area (Å²) in [6.07, 6.45) is 0. The van der Waals surface area contributed by atoms with Crippen LogP contribution in [0, 0.1) is 6.92 Å². The van der Waals surface area contributed by atoms with Crippen molar-refractivity contribution in [2.75, 3.05) is 6.54 Å². The number of benzene rings is 1. The van der Waals surface area contributed by atoms with Gasteiger partial charge in [-0.15, -0.1) is 11.3 Å². The molecule has 0 aliphatic carbocycles. The van der Waals surface area contributed by atoms with E-state index >= 15 is 0 Å². The monoisotopic (exact) mass is 353 g/mol. The van der Waals surface area contributed by atoms with Gasteiger partial charge in [0.1, 0.15) is 0 Å². The first-order valence-electron chi connectivity index (χ1n) is 6.80. The third-order valence-corrected chi connectivity index (χ3v) is 4.62. The van der Waals surface area contributed by atoms with Crippen molar-refractivity contribution in [2.24, 2.45) is 0 Å². The number of rotatable bonds is 7. The molecule has 0 amide bonds. The molecule has 0 spiro atoms. The molecule has 0 atom stereocenters. The van der Waals surface area contributed by atoms with Gasteiger partial charge in [-0.1, -0.05) is 35.0 Å². The molecule has 0 saturated heterocycles. The molecule has 4 heteroatoms. The maximum absolute atomic E-state index is 5.82. The molecule has 0 aliphatic rings. The largest absolute Gasteiger partial charge is 0.372 e. The van der Waals surface area contributed by atoms with E-state index in [1.54, 1.807) is 0 Å². The lowest BCUT2D eigenvalue weighted by Crippen LogP contribution is -2.10. The molecule has 1 heterocycles. The maximum Gasteiger partial charge on any atom is 0.0732 e. The van der Waals surface area contributed by atoms with Crippen molar-refractivity contribution in [3.8, 4) is 0 Å². The van der Waals surface area contributed by atoms with E-state index in [1.807, 2.05) is 23.5 Å². The Hall–Kier alpha value is -0.680. The fourth-order valence-electron chi connectivity index (χ4n) is 1.97. The van der Waals surface area contributed by atoms with Crippen LogP contribution < -0.4 is 5.32 Å². The lowest BCUT2D eigenvalue weighted by atomic mass is 10.2. The van der Waals surface area contributed by atoms with Gasteiger partial charge in [-0.05, 0) is 42.8 Å². The summed E-state index contributed by atoms with van der Waals surface area (Å²) >= 11 is 5.33. The SMILES string of the molecule is CCNCc1cc(COCc2cccc(Br)c2)c(C)s1. The van der Waals surface area contributed by atoms with Crippen LogP contribution in [0.25, 0.3) is 0 Å². The minimum absolute atomic E-state index is 0.650. The third-order valence-electron chi connectivity index (χ3n) is 3.04. The van der Waals surface area contributed by atoms with Crippen molar-refractivity contribution in [1.82, 2.24) is 5.32 Å². The van der Waals surface area contributed by atoms with Gasteiger partial charge in [0.2, 0.25) is 0 Å². The predicted octanol–water partition coefficient (Wildman–Crippen LogP) is 4.65. The molecule has 0 bridgehead atoms. The summed E-state index contributed by atoms with van der Waals surface area (Å²) in [5, 5.41) is 3.36. The second-order valence-corrected chi connectivity index (χ2v) is 6.95. The van der Waals surface area contributed by atoms with Gasteiger partial charge in [-0.2, -0.15) is 0 Å². The Morgan fingerprint density at radius 1 is 1.25 bits per heavy atom. The minimum atomic E-state index is 0.650. The van der Waals surface area contributed by atoms with E-state index in [9.17, 15) is 0 Å². The quantitative estimate of drug-likeness (QED) is 0.782. The lowest BCUT2D eigenvalue weighted by Gasteiger charge is -2.04. The summed E-state index contributed by atoms with van der Waals surface area (Å²) in [4.78, 5) is 2.73. The van der Waals surface area contributed by atoms with Crippen LogP contribution in [0.4, 0.5) is 0 Å². The number of nitrogens with one attached hydrogen (secondary N) is 1. The Kier molecular flexibility index (Phi) is 6.23.